The number of nitrogens with one attached hydrogen (secondary N) is 1. The highest BCUT2D eigenvalue weighted by Gasteiger charge is 2.14. The van der Waals surface area contributed by atoms with Gasteiger partial charge in [0.2, 0.25) is 11.1 Å². The standard InChI is InChI=1S/C25H19N5OS/c26-16-15-18-11-13-21(14-12-18)27-22(31)17-32-25-28-23(19-7-3-1-4-8-19)24(29-30-25)20-9-5-2-6-10-20/h1-14H,15,17H2,(H,27,31). The molecule has 1 amide bonds. The van der Waals surface area contributed by atoms with E-state index in [9.17, 15) is 4.79 Å². The van der Waals surface area contributed by atoms with Gasteiger partial charge in [-0.15, -0.1) is 10.2 Å². The molecule has 156 valence electrons. The maximum Gasteiger partial charge on any atom is 0.234 e. The van der Waals surface area contributed by atoms with Gasteiger partial charge in [-0.3, -0.25) is 4.79 Å². The molecule has 0 radical (unpaired) electrons. The summed E-state index contributed by atoms with van der Waals surface area (Å²) in [5.74, 6) is -0.0133. The molecule has 4 rings (SSSR count). The van der Waals surface area contributed by atoms with E-state index in [0.717, 1.165) is 22.4 Å². The Balaban J connectivity index is 1.49. The van der Waals surface area contributed by atoms with E-state index in [2.05, 4.69) is 21.6 Å². The van der Waals surface area contributed by atoms with Crippen molar-refractivity contribution >= 4 is 23.4 Å². The monoisotopic (exact) mass is 437 g/mol. The zero-order chi connectivity index (χ0) is 22.2. The minimum atomic E-state index is -0.167. The number of aromatic nitrogens is 3. The molecule has 0 saturated heterocycles. The number of carbonyl (C=O) groups excluding carboxylic acids is 1. The summed E-state index contributed by atoms with van der Waals surface area (Å²) in [6, 6.07) is 28.9. The first-order valence-electron chi connectivity index (χ1n) is 9.97. The van der Waals surface area contributed by atoms with Crippen LogP contribution < -0.4 is 5.32 Å². The fourth-order valence-corrected chi connectivity index (χ4v) is 3.67. The summed E-state index contributed by atoms with van der Waals surface area (Å²) >= 11 is 1.23. The largest absolute Gasteiger partial charge is 0.325 e. The third-order valence-corrected chi connectivity index (χ3v) is 5.45. The van der Waals surface area contributed by atoms with Crippen molar-refractivity contribution in [2.45, 2.75) is 11.6 Å². The molecule has 0 spiro atoms. The number of nitrogens with zero attached hydrogens (tertiary/aromatic N) is 4. The molecule has 0 bridgehead atoms. The zero-order valence-electron chi connectivity index (χ0n) is 17.1. The van der Waals surface area contributed by atoms with Crippen molar-refractivity contribution in [3.8, 4) is 28.6 Å². The number of hydrogen-bond acceptors (Lipinski definition) is 6. The van der Waals surface area contributed by atoms with Crippen LogP contribution in [0.5, 0.6) is 0 Å². The van der Waals surface area contributed by atoms with Gasteiger partial charge in [0.15, 0.2) is 0 Å². The maximum atomic E-state index is 12.4. The maximum absolute atomic E-state index is 12.4. The van der Waals surface area contributed by atoms with Gasteiger partial charge in [-0.2, -0.15) is 5.26 Å². The van der Waals surface area contributed by atoms with Crippen molar-refractivity contribution in [3.63, 3.8) is 0 Å². The number of hydrogen-bond donors (Lipinski definition) is 1. The topological polar surface area (TPSA) is 91.6 Å². The second-order valence-corrected chi connectivity index (χ2v) is 7.83. The van der Waals surface area contributed by atoms with E-state index in [0.29, 0.717) is 23.0 Å². The Morgan fingerprint density at radius 2 is 1.47 bits per heavy atom. The molecule has 0 aliphatic carbocycles. The molecule has 6 nitrogen and oxygen atoms in total. The van der Waals surface area contributed by atoms with Crippen LogP contribution in [-0.4, -0.2) is 26.8 Å². The first-order chi connectivity index (χ1) is 15.7. The van der Waals surface area contributed by atoms with Crippen molar-refractivity contribution in [2.75, 3.05) is 11.1 Å². The second kappa shape index (κ2) is 10.3. The second-order valence-electron chi connectivity index (χ2n) is 6.89. The Labute approximate surface area is 190 Å². The van der Waals surface area contributed by atoms with Gasteiger partial charge in [0.25, 0.3) is 0 Å². The Morgan fingerprint density at radius 1 is 0.844 bits per heavy atom. The molecular formula is C25H19N5OS. The summed E-state index contributed by atoms with van der Waals surface area (Å²) in [4.78, 5) is 17.1. The van der Waals surface area contributed by atoms with Crippen molar-refractivity contribution < 1.29 is 4.79 Å². The van der Waals surface area contributed by atoms with Crippen LogP contribution in [0.1, 0.15) is 5.56 Å². The third-order valence-electron chi connectivity index (χ3n) is 4.61. The average molecular weight is 438 g/mol. The molecule has 0 fully saturated rings. The molecule has 0 unspecified atom stereocenters. The summed E-state index contributed by atoms with van der Waals surface area (Å²) in [6.45, 7) is 0. The van der Waals surface area contributed by atoms with Gasteiger partial charge in [0.1, 0.15) is 11.4 Å². The van der Waals surface area contributed by atoms with E-state index in [1.165, 1.54) is 11.8 Å². The van der Waals surface area contributed by atoms with E-state index in [1.54, 1.807) is 12.1 Å². The smallest absolute Gasteiger partial charge is 0.234 e. The molecule has 0 atom stereocenters. The Hall–Kier alpha value is -4.02. The number of benzene rings is 3. The summed E-state index contributed by atoms with van der Waals surface area (Å²) < 4.78 is 0. The predicted octanol–water partition coefficient (Wildman–Crippen LogP) is 5.00. The average Bonchev–Trinajstić information content (AvgIpc) is 2.85. The molecule has 4 aromatic rings. The van der Waals surface area contributed by atoms with Gasteiger partial charge in [0, 0.05) is 16.8 Å². The molecule has 0 aliphatic rings. The van der Waals surface area contributed by atoms with Crippen LogP contribution >= 0.6 is 11.8 Å². The Bertz CT molecular complexity index is 1240. The zero-order valence-corrected chi connectivity index (χ0v) is 17.9. The lowest BCUT2D eigenvalue weighted by Gasteiger charge is -2.09. The highest BCUT2D eigenvalue weighted by molar-refractivity contribution is 7.99. The number of carbonyl (C=O) groups is 1. The molecule has 1 heterocycles. The molecule has 7 heteroatoms. The quantitative estimate of drug-likeness (QED) is 0.409. The van der Waals surface area contributed by atoms with Crippen molar-refractivity contribution in [2.24, 2.45) is 0 Å². The fraction of sp³-hybridized carbons (Fsp3) is 0.0800. The van der Waals surface area contributed by atoms with Gasteiger partial charge >= 0.3 is 0 Å². The molecule has 3 aromatic carbocycles. The Morgan fingerprint density at radius 3 is 2.09 bits per heavy atom. The highest BCUT2D eigenvalue weighted by Crippen LogP contribution is 2.29. The van der Waals surface area contributed by atoms with Crippen molar-refractivity contribution in [1.82, 2.24) is 15.2 Å². The van der Waals surface area contributed by atoms with Gasteiger partial charge in [-0.25, -0.2) is 4.98 Å². The van der Waals surface area contributed by atoms with Crippen LogP contribution in [0.25, 0.3) is 22.5 Å². The molecule has 1 aromatic heterocycles. The fourth-order valence-electron chi connectivity index (χ4n) is 3.08. The van der Waals surface area contributed by atoms with Crippen LogP contribution in [0.2, 0.25) is 0 Å². The summed E-state index contributed by atoms with van der Waals surface area (Å²) in [5.41, 5.74) is 4.88. The van der Waals surface area contributed by atoms with E-state index >= 15 is 0 Å². The molecule has 0 saturated carbocycles. The number of anilines is 1. The minimum Gasteiger partial charge on any atom is -0.325 e. The number of rotatable bonds is 7. The van der Waals surface area contributed by atoms with E-state index in [1.807, 2.05) is 72.8 Å². The Kier molecular flexibility index (Phi) is 6.85. The van der Waals surface area contributed by atoms with Crippen LogP contribution in [0.3, 0.4) is 0 Å². The van der Waals surface area contributed by atoms with Crippen molar-refractivity contribution in [3.05, 3.63) is 90.5 Å². The lowest BCUT2D eigenvalue weighted by atomic mass is 10.0. The molecular weight excluding hydrogens is 418 g/mol. The van der Waals surface area contributed by atoms with E-state index in [-0.39, 0.29) is 11.7 Å². The molecule has 0 aliphatic heterocycles. The lowest BCUT2D eigenvalue weighted by Crippen LogP contribution is -2.14. The van der Waals surface area contributed by atoms with E-state index in [4.69, 9.17) is 10.2 Å². The summed E-state index contributed by atoms with van der Waals surface area (Å²) in [7, 11) is 0. The summed E-state index contributed by atoms with van der Waals surface area (Å²) in [6.07, 6.45) is 0.344. The van der Waals surface area contributed by atoms with Gasteiger partial charge in [-0.1, -0.05) is 84.6 Å². The lowest BCUT2D eigenvalue weighted by molar-refractivity contribution is -0.113. The molecule has 1 N–H and O–H groups in total. The highest BCUT2D eigenvalue weighted by atomic mass is 32.2. The van der Waals surface area contributed by atoms with Crippen molar-refractivity contribution in [1.29, 1.82) is 5.26 Å². The number of amides is 1. The predicted molar refractivity (Wildman–Crippen MR) is 126 cm³/mol. The number of nitriles is 1. The van der Waals surface area contributed by atoms with Gasteiger partial charge in [-0.05, 0) is 17.7 Å². The van der Waals surface area contributed by atoms with Crippen LogP contribution in [-0.2, 0) is 11.2 Å². The van der Waals surface area contributed by atoms with Gasteiger partial charge in [0.05, 0.1) is 18.2 Å². The molecule has 32 heavy (non-hydrogen) atoms. The first kappa shape index (κ1) is 21.2. The SMILES string of the molecule is N#CCc1ccc(NC(=O)CSc2nnc(-c3ccccc3)c(-c3ccccc3)n2)cc1. The third kappa shape index (κ3) is 5.36. The normalized spacial score (nSPS) is 10.3. The van der Waals surface area contributed by atoms with Gasteiger partial charge < -0.3 is 5.32 Å². The van der Waals surface area contributed by atoms with Crippen LogP contribution in [0.4, 0.5) is 5.69 Å². The van der Waals surface area contributed by atoms with E-state index < -0.39 is 0 Å². The minimum absolute atomic E-state index is 0.153. The first-order valence-corrected chi connectivity index (χ1v) is 11.0. The van der Waals surface area contributed by atoms with Crippen LogP contribution in [0, 0.1) is 11.3 Å². The summed E-state index contributed by atoms with van der Waals surface area (Å²) in [5, 5.41) is 20.7. The van der Waals surface area contributed by atoms with Crippen LogP contribution in [0.15, 0.2) is 90.1 Å². The number of thioether (sulfide) groups is 1.